The number of nitrogens with one attached hydrogen (secondary N) is 2. The summed E-state index contributed by atoms with van der Waals surface area (Å²) in [6.45, 7) is 0.733. The van der Waals surface area contributed by atoms with Gasteiger partial charge in [-0.1, -0.05) is 35.9 Å². The van der Waals surface area contributed by atoms with Crippen molar-refractivity contribution in [2.45, 2.75) is 37.3 Å². The molecule has 2 N–H and O–H groups in total. The fourth-order valence-electron chi connectivity index (χ4n) is 4.29. The molecule has 4 rings (SSSR count). The third-order valence-corrected chi connectivity index (χ3v) is 6.28. The summed E-state index contributed by atoms with van der Waals surface area (Å²) in [6, 6.07) is 11.1. The van der Waals surface area contributed by atoms with E-state index in [1.165, 1.54) is 18.2 Å². The Morgan fingerprint density at radius 1 is 1.12 bits per heavy atom. The molecule has 1 aliphatic heterocycles. The summed E-state index contributed by atoms with van der Waals surface area (Å²) >= 11 is 6.35. The predicted molar refractivity (Wildman–Crippen MR) is 115 cm³/mol. The Morgan fingerprint density at radius 3 is 2.56 bits per heavy atom. The van der Waals surface area contributed by atoms with Crippen LogP contribution in [0, 0.1) is 11.7 Å². The third kappa shape index (κ3) is 5.07. The number of hydrogen-bond acceptors (Lipinski definition) is 3. The van der Waals surface area contributed by atoms with Crippen LogP contribution in [0.5, 0.6) is 0 Å². The van der Waals surface area contributed by atoms with Crippen molar-refractivity contribution in [3.05, 3.63) is 64.9 Å². The number of benzene rings is 2. The molecule has 1 unspecified atom stereocenters. The SMILES string of the molecule is O=C(Nc1cccc(F)c1)C1CCN([C@@H](C(=O)NC2CC(F)(F)C2)c2ccccc2Cl)C1. The predicted octanol–water partition coefficient (Wildman–Crippen LogP) is 4.39. The molecule has 1 aliphatic carbocycles. The van der Waals surface area contributed by atoms with Gasteiger partial charge in [0.1, 0.15) is 11.9 Å². The Labute approximate surface area is 188 Å². The quantitative estimate of drug-likeness (QED) is 0.665. The first-order chi connectivity index (χ1) is 15.2. The molecule has 0 aromatic heterocycles. The highest BCUT2D eigenvalue weighted by molar-refractivity contribution is 6.31. The lowest BCUT2D eigenvalue weighted by atomic mass is 9.88. The number of likely N-dealkylation sites (tertiary alicyclic amines) is 1. The number of rotatable bonds is 6. The summed E-state index contributed by atoms with van der Waals surface area (Å²) in [5, 5.41) is 5.80. The summed E-state index contributed by atoms with van der Waals surface area (Å²) in [4.78, 5) is 27.6. The zero-order valence-corrected chi connectivity index (χ0v) is 17.9. The maximum Gasteiger partial charge on any atom is 0.252 e. The van der Waals surface area contributed by atoms with Gasteiger partial charge in [-0.3, -0.25) is 14.5 Å². The minimum atomic E-state index is -2.74. The van der Waals surface area contributed by atoms with Gasteiger partial charge in [-0.2, -0.15) is 0 Å². The van der Waals surface area contributed by atoms with E-state index in [0.29, 0.717) is 29.2 Å². The van der Waals surface area contributed by atoms with Crippen LogP contribution in [0.25, 0.3) is 0 Å². The van der Waals surface area contributed by atoms with Crippen molar-refractivity contribution in [2.75, 3.05) is 18.4 Å². The smallest absolute Gasteiger partial charge is 0.252 e. The van der Waals surface area contributed by atoms with Gasteiger partial charge in [0, 0.05) is 42.7 Å². The zero-order valence-electron chi connectivity index (χ0n) is 17.2. The van der Waals surface area contributed by atoms with Crippen LogP contribution >= 0.6 is 11.6 Å². The standard InChI is InChI=1S/C23H23ClF3N3O2/c24-19-7-2-1-6-18(19)20(22(32)29-17-11-23(26,27)12-17)30-9-8-14(13-30)21(31)28-16-5-3-4-15(25)10-16/h1-7,10,14,17,20H,8-9,11-13H2,(H,28,31)(H,29,32)/t14?,20-/m1/s1. The number of halogens is 4. The van der Waals surface area contributed by atoms with Gasteiger partial charge in [-0.05, 0) is 36.2 Å². The van der Waals surface area contributed by atoms with Crippen LogP contribution in [0.1, 0.15) is 30.9 Å². The Morgan fingerprint density at radius 2 is 1.88 bits per heavy atom. The summed E-state index contributed by atoms with van der Waals surface area (Å²) in [5.74, 6) is -4.29. The number of alkyl halides is 2. The largest absolute Gasteiger partial charge is 0.351 e. The molecule has 0 radical (unpaired) electrons. The average molecular weight is 466 g/mol. The van der Waals surface area contributed by atoms with Gasteiger partial charge < -0.3 is 10.6 Å². The van der Waals surface area contributed by atoms with Crippen LogP contribution in [0.4, 0.5) is 18.9 Å². The summed E-state index contributed by atoms with van der Waals surface area (Å²) < 4.78 is 39.8. The summed E-state index contributed by atoms with van der Waals surface area (Å²) in [7, 11) is 0. The highest BCUT2D eigenvalue weighted by Crippen LogP contribution is 2.38. The van der Waals surface area contributed by atoms with E-state index in [9.17, 15) is 22.8 Å². The van der Waals surface area contributed by atoms with Crippen molar-refractivity contribution in [1.29, 1.82) is 0 Å². The normalized spacial score (nSPS) is 21.6. The fraction of sp³-hybridized carbons (Fsp3) is 0.391. The molecule has 170 valence electrons. The first-order valence-corrected chi connectivity index (χ1v) is 10.8. The van der Waals surface area contributed by atoms with Gasteiger partial charge in [0.2, 0.25) is 11.8 Å². The molecule has 9 heteroatoms. The molecule has 5 nitrogen and oxygen atoms in total. The molecule has 2 aromatic rings. The molecule has 0 spiro atoms. The van der Waals surface area contributed by atoms with Gasteiger partial charge >= 0.3 is 0 Å². The van der Waals surface area contributed by atoms with Crippen molar-refractivity contribution < 1.29 is 22.8 Å². The number of nitrogens with zero attached hydrogens (tertiary/aromatic N) is 1. The van der Waals surface area contributed by atoms with Crippen molar-refractivity contribution in [3.63, 3.8) is 0 Å². The van der Waals surface area contributed by atoms with Crippen molar-refractivity contribution >= 4 is 29.1 Å². The topological polar surface area (TPSA) is 61.4 Å². The van der Waals surface area contributed by atoms with Crippen LogP contribution in [0.15, 0.2) is 48.5 Å². The second-order valence-corrected chi connectivity index (χ2v) is 8.78. The molecule has 2 aliphatic rings. The van der Waals surface area contributed by atoms with Gasteiger partial charge in [0.25, 0.3) is 5.92 Å². The molecule has 2 atom stereocenters. The van der Waals surface area contributed by atoms with Crippen LogP contribution in [-0.4, -0.2) is 41.8 Å². The zero-order chi connectivity index (χ0) is 22.9. The monoisotopic (exact) mass is 465 g/mol. The van der Waals surface area contributed by atoms with Gasteiger partial charge in [0.15, 0.2) is 0 Å². The van der Waals surface area contributed by atoms with Crippen LogP contribution in [0.3, 0.4) is 0 Å². The van der Waals surface area contributed by atoms with Crippen molar-refractivity contribution in [2.24, 2.45) is 5.92 Å². The van der Waals surface area contributed by atoms with Crippen molar-refractivity contribution in [3.8, 4) is 0 Å². The average Bonchev–Trinajstić information content (AvgIpc) is 3.18. The van der Waals surface area contributed by atoms with E-state index in [-0.39, 0.29) is 25.3 Å². The third-order valence-electron chi connectivity index (χ3n) is 5.93. The van der Waals surface area contributed by atoms with E-state index in [1.807, 2.05) is 4.90 Å². The number of carbonyl (C=O) groups excluding carboxylic acids is 2. The first-order valence-electron chi connectivity index (χ1n) is 10.4. The molecule has 2 amide bonds. The van der Waals surface area contributed by atoms with Gasteiger partial charge in [-0.25, -0.2) is 13.2 Å². The van der Waals surface area contributed by atoms with E-state index in [4.69, 9.17) is 11.6 Å². The number of hydrogen-bond donors (Lipinski definition) is 2. The Bertz CT molecular complexity index is 1010. The molecule has 0 bridgehead atoms. The van der Waals surface area contributed by atoms with Crippen LogP contribution < -0.4 is 10.6 Å². The van der Waals surface area contributed by atoms with Crippen molar-refractivity contribution in [1.82, 2.24) is 10.2 Å². The lowest BCUT2D eigenvalue weighted by Gasteiger charge is -2.37. The Balaban J connectivity index is 1.47. The van der Waals surface area contributed by atoms with Crippen LogP contribution in [-0.2, 0) is 9.59 Å². The lowest BCUT2D eigenvalue weighted by molar-refractivity contribution is -0.134. The van der Waals surface area contributed by atoms with E-state index in [0.717, 1.165) is 0 Å². The maximum atomic E-state index is 13.4. The summed E-state index contributed by atoms with van der Waals surface area (Å²) in [5.41, 5.74) is 0.920. The van der Waals surface area contributed by atoms with Gasteiger partial charge in [-0.15, -0.1) is 0 Å². The molecule has 1 saturated carbocycles. The van der Waals surface area contributed by atoms with E-state index in [2.05, 4.69) is 10.6 Å². The van der Waals surface area contributed by atoms with Crippen LogP contribution in [0.2, 0.25) is 5.02 Å². The van der Waals surface area contributed by atoms with E-state index in [1.54, 1.807) is 30.3 Å². The minimum absolute atomic E-state index is 0.268. The molecule has 1 saturated heterocycles. The number of amides is 2. The number of anilines is 1. The minimum Gasteiger partial charge on any atom is -0.351 e. The number of carbonyl (C=O) groups is 2. The molecular weight excluding hydrogens is 443 g/mol. The lowest BCUT2D eigenvalue weighted by Crippen LogP contribution is -2.53. The first kappa shape index (κ1) is 22.6. The maximum absolute atomic E-state index is 13.4. The second-order valence-electron chi connectivity index (χ2n) is 8.37. The van der Waals surface area contributed by atoms with Gasteiger partial charge in [0.05, 0.1) is 5.92 Å². The summed E-state index contributed by atoms with van der Waals surface area (Å²) in [6.07, 6.45) is -0.268. The molecule has 32 heavy (non-hydrogen) atoms. The Hall–Kier alpha value is -2.58. The Kier molecular flexibility index (Phi) is 6.44. The molecule has 2 fully saturated rings. The molecule has 1 heterocycles. The second kappa shape index (κ2) is 9.11. The highest BCUT2D eigenvalue weighted by Gasteiger charge is 2.47. The van der Waals surface area contributed by atoms with E-state index >= 15 is 0 Å². The van der Waals surface area contributed by atoms with E-state index < -0.39 is 35.6 Å². The highest BCUT2D eigenvalue weighted by atomic mass is 35.5. The molecule has 2 aromatic carbocycles. The fourth-order valence-corrected chi connectivity index (χ4v) is 4.53. The molecular formula is C23H23ClF3N3O2.